The molecule has 1 atom stereocenters. The van der Waals surface area contributed by atoms with Crippen molar-refractivity contribution in [3.8, 4) is 5.75 Å². The standard InChI is InChI=1S/C13H19BrF2N2O/c1-8(2)6-13(3,17)7-19-9-4-5-10(14)18-11(9)12(15)16/h4-5,8,12H,6-7,17H2,1-3H3/t13-/m0/s1. The van der Waals surface area contributed by atoms with Crippen molar-refractivity contribution in [1.29, 1.82) is 0 Å². The second kappa shape index (κ2) is 6.61. The number of ether oxygens (including phenoxy) is 1. The monoisotopic (exact) mass is 336 g/mol. The van der Waals surface area contributed by atoms with E-state index in [0.717, 1.165) is 6.42 Å². The molecule has 0 aliphatic heterocycles. The molecular weight excluding hydrogens is 318 g/mol. The number of aromatic nitrogens is 1. The van der Waals surface area contributed by atoms with Crippen molar-refractivity contribution in [1.82, 2.24) is 4.98 Å². The van der Waals surface area contributed by atoms with Crippen LogP contribution in [-0.4, -0.2) is 17.1 Å². The van der Waals surface area contributed by atoms with Crippen LogP contribution in [0.4, 0.5) is 8.78 Å². The van der Waals surface area contributed by atoms with Crippen LogP contribution in [0.25, 0.3) is 0 Å². The predicted molar refractivity (Wildman–Crippen MR) is 74.4 cm³/mol. The smallest absolute Gasteiger partial charge is 0.284 e. The molecule has 0 aromatic carbocycles. The molecule has 0 saturated carbocycles. The molecule has 0 saturated heterocycles. The summed E-state index contributed by atoms with van der Waals surface area (Å²) in [5.74, 6) is 0.495. The van der Waals surface area contributed by atoms with Gasteiger partial charge in [0, 0.05) is 5.54 Å². The summed E-state index contributed by atoms with van der Waals surface area (Å²) in [6, 6.07) is 3.04. The van der Waals surface area contributed by atoms with Crippen LogP contribution in [-0.2, 0) is 0 Å². The van der Waals surface area contributed by atoms with Gasteiger partial charge in [0.15, 0.2) is 0 Å². The highest BCUT2D eigenvalue weighted by atomic mass is 79.9. The molecule has 2 N–H and O–H groups in total. The second-order valence-corrected chi connectivity index (χ2v) is 6.17. The summed E-state index contributed by atoms with van der Waals surface area (Å²) in [6.45, 7) is 6.13. The number of pyridine rings is 1. The Labute approximate surface area is 120 Å². The van der Waals surface area contributed by atoms with E-state index in [-0.39, 0.29) is 18.1 Å². The van der Waals surface area contributed by atoms with Crippen LogP contribution < -0.4 is 10.5 Å². The van der Waals surface area contributed by atoms with Crippen molar-refractivity contribution >= 4 is 15.9 Å². The Kier molecular flexibility index (Phi) is 5.67. The highest BCUT2D eigenvalue weighted by molar-refractivity contribution is 9.10. The Morgan fingerprint density at radius 1 is 1.42 bits per heavy atom. The number of hydrogen-bond acceptors (Lipinski definition) is 3. The topological polar surface area (TPSA) is 48.1 Å². The maximum absolute atomic E-state index is 12.8. The molecule has 0 spiro atoms. The number of halogens is 3. The first kappa shape index (κ1) is 16.3. The van der Waals surface area contributed by atoms with E-state index < -0.39 is 12.0 Å². The van der Waals surface area contributed by atoms with Crippen LogP contribution in [0.2, 0.25) is 0 Å². The van der Waals surface area contributed by atoms with Crippen LogP contribution in [0, 0.1) is 5.92 Å². The molecule has 1 rings (SSSR count). The average Bonchev–Trinajstić information content (AvgIpc) is 2.25. The van der Waals surface area contributed by atoms with Crippen LogP contribution in [0.3, 0.4) is 0 Å². The molecule has 0 bridgehead atoms. The van der Waals surface area contributed by atoms with Gasteiger partial charge in [-0.05, 0) is 47.3 Å². The fourth-order valence-electron chi connectivity index (χ4n) is 1.95. The van der Waals surface area contributed by atoms with Crippen molar-refractivity contribution < 1.29 is 13.5 Å². The van der Waals surface area contributed by atoms with E-state index in [2.05, 4.69) is 34.8 Å². The maximum atomic E-state index is 12.8. The molecule has 0 unspecified atom stereocenters. The van der Waals surface area contributed by atoms with Gasteiger partial charge >= 0.3 is 0 Å². The summed E-state index contributed by atoms with van der Waals surface area (Å²) in [5.41, 5.74) is 5.16. The molecular formula is C13H19BrF2N2O. The lowest BCUT2D eigenvalue weighted by Crippen LogP contribution is -2.43. The Morgan fingerprint density at radius 3 is 2.58 bits per heavy atom. The third-order valence-corrected chi connectivity index (χ3v) is 2.93. The SMILES string of the molecule is CC(C)C[C@](C)(N)COc1ccc(Br)nc1C(F)F. The largest absolute Gasteiger partial charge is 0.490 e. The van der Waals surface area contributed by atoms with Crippen molar-refractivity contribution in [2.45, 2.75) is 39.2 Å². The van der Waals surface area contributed by atoms with Crippen LogP contribution in [0.5, 0.6) is 5.75 Å². The molecule has 0 fully saturated rings. The Hall–Kier alpha value is -0.750. The minimum atomic E-state index is -2.68. The van der Waals surface area contributed by atoms with Gasteiger partial charge in [0.25, 0.3) is 6.43 Å². The van der Waals surface area contributed by atoms with Crippen LogP contribution in [0.1, 0.15) is 39.3 Å². The molecule has 0 aliphatic rings. The summed E-state index contributed by atoms with van der Waals surface area (Å²) in [4.78, 5) is 3.74. The van der Waals surface area contributed by atoms with E-state index >= 15 is 0 Å². The number of alkyl halides is 2. The van der Waals surface area contributed by atoms with Gasteiger partial charge in [-0.1, -0.05) is 13.8 Å². The lowest BCUT2D eigenvalue weighted by Gasteiger charge is -2.27. The predicted octanol–water partition coefficient (Wildman–Crippen LogP) is 3.92. The van der Waals surface area contributed by atoms with Gasteiger partial charge in [0.2, 0.25) is 0 Å². The van der Waals surface area contributed by atoms with E-state index in [1.807, 2.05) is 6.92 Å². The highest BCUT2D eigenvalue weighted by Gasteiger charge is 2.23. The van der Waals surface area contributed by atoms with Crippen molar-refractivity contribution in [3.05, 3.63) is 22.4 Å². The Bertz CT molecular complexity index is 425. The zero-order valence-electron chi connectivity index (χ0n) is 11.3. The molecule has 19 heavy (non-hydrogen) atoms. The van der Waals surface area contributed by atoms with Gasteiger partial charge in [0.05, 0.1) is 0 Å². The summed E-state index contributed by atoms with van der Waals surface area (Å²) < 4.78 is 31.5. The van der Waals surface area contributed by atoms with E-state index in [1.54, 1.807) is 6.07 Å². The molecule has 0 aliphatic carbocycles. The van der Waals surface area contributed by atoms with E-state index in [9.17, 15) is 8.78 Å². The van der Waals surface area contributed by atoms with Gasteiger partial charge in [-0.2, -0.15) is 0 Å². The van der Waals surface area contributed by atoms with Gasteiger partial charge in [0.1, 0.15) is 22.7 Å². The summed E-state index contributed by atoms with van der Waals surface area (Å²) in [5, 5.41) is 0. The van der Waals surface area contributed by atoms with E-state index in [0.29, 0.717) is 10.5 Å². The lowest BCUT2D eigenvalue weighted by atomic mass is 9.93. The fraction of sp³-hybridized carbons (Fsp3) is 0.615. The maximum Gasteiger partial charge on any atom is 0.284 e. The van der Waals surface area contributed by atoms with Gasteiger partial charge in [-0.3, -0.25) is 0 Å². The molecule has 108 valence electrons. The highest BCUT2D eigenvalue weighted by Crippen LogP contribution is 2.29. The van der Waals surface area contributed by atoms with Crippen molar-refractivity contribution in [2.75, 3.05) is 6.61 Å². The van der Waals surface area contributed by atoms with Crippen molar-refractivity contribution in [2.24, 2.45) is 11.7 Å². The third kappa shape index (κ3) is 5.40. The Morgan fingerprint density at radius 2 is 2.05 bits per heavy atom. The average molecular weight is 337 g/mol. The first-order chi connectivity index (χ1) is 8.71. The fourth-order valence-corrected chi connectivity index (χ4v) is 2.27. The lowest BCUT2D eigenvalue weighted by molar-refractivity contribution is 0.134. The molecule has 1 aromatic heterocycles. The minimum absolute atomic E-state index is 0.0821. The number of rotatable bonds is 6. The molecule has 6 heteroatoms. The first-order valence-corrected chi connectivity index (χ1v) is 6.87. The number of nitrogens with two attached hydrogens (primary N) is 1. The molecule has 3 nitrogen and oxygen atoms in total. The van der Waals surface area contributed by atoms with Gasteiger partial charge in [-0.15, -0.1) is 0 Å². The minimum Gasteiger partial charge on any atom is -0.490 e. The normalized spacial score (nSPS) is 14.8. The zero-order chi connectivity index (χ0) is 14.6. The number of hydrogen-bond donors (Lipinski definition) is 1. The third-order valence-electron chi connectivity index (χ3n) is 2.49. The number of nitrogens with zero attached hydrogens (tertiary/aromatic N) is 1. The van der Waals surface area contributed by atoms with Crippen LogP contribution >= 0.6 is 15.9 Å². The molecule has 1 aromatic rings. The first-order valence-electron chi connectivity index (χ1n) is 6.07. The summed E-state index contributed by atoms with van der Waals surface area (Å²) >= 11 is 3.06. The van der Waals surface area contributed by atoms with Gasteiger partial charge in [-0.25, -0.2) is 13.8 Å². The Balaban J connectivity index is 2.77. The van der Waals surface area contributed by atoms with E-state index in [4.69, 9.17) is 10.5 Å². The second-order valence-electron chi connectivity index (χ2n) is 5.36. The molecule has 0 amide bonds. The van der Waals surface area contributed by atoms with Crippen LogP contribution in [0.15, 0.2) is 16.7 Å². The van der Waals surface area contributed by atoms with Crippen molar-refractivity contribution in [3.63, 3.8) is 0 Å². The molecule has 1 heterocycles. The van der Waals surface area contributed by atoms with E-state index in [1.165, 1.54) is 6.07 Å². The summed E-state index contributed by atoms with van der Waals surface area (Å²) in [6.07, 6.45) is -1.93. The summed E-state index contributed by atoms with van der Waals surface area (Å²) in [7, 11) is 0. The van der Waals surface area contributed by atoms with Gasteiger partial charge < -0.3 is 10.5 Å². The molecule has 0 radical (unpaired) electrons. The quantitative estimate of drug-likeness (QED) is 0.801. The zero-order valence-corrected chi connectivity index (χ0v) is 12.9.